The molecule has 0 radical (unpaired) electrons. The number of pyridine rings is 1. The minimum absolute atomic E-state index is 0.389. The summed E-state index contributed by atoms with van der Waals surface area (Å²) in [4.78, 5) is 4.05. The van der Waals surface area contributed by atoms with E-state index in [-0.39, 0.29) is 0 Å². The second-order valence-electron chi connectivity index (χ2n) is 3.85. The highest BCUT2D eigenvalue weighted by Crippen LogP contribution is 2.13. The summed E-state index contributed by atoms with van der Waals surface area (Å²) in [6.45, 7) is 2.16. The molecule has 2 aromatic heterocycles. The van der Waals surface area contributed by atoms with E-state index in [0.717, 1.165) is 12.1 Å². The summed E-state index contributed by atoms with van der Waals surface area (Å²) in [5.74, 6) is 0.552. The molecule has 16 heavy (non-hydrogen) atoms. The molecule has 0 saturated heterocycles. The van der Waals surface area contributed by atoms with E-state index in [1.54, 1.807) is 23.6 Å². The summed E-state index contributed by atoms with van der Waals surface area (Å²) >= 11 is 1.73. The Labute approximate surface area is 99.3 Å². The number of rotatable bonds is 4. The smallest absolute Gasteiger partial charge is 0.123 e. The molecule has 4 heteroatoms. The molecule has 0 spiro atoms. The molecule has 0 aliphatic heterocycles. The molecule has 1 atom stereocenters. The van der Waals surface area contributed by atoms with Crippen LogP contribution in [-0.2, 0) is 6.42 Å². The van der Waals surface area contributed by atoms with Crippen LogP contribution in [0.1, 0.15) is 12.5 Å². The molecule has 0 aromatic carbocycles. The highest BCUT2D eigenvalue weighted by atomic mass is 32.1. The Morgan fingerprint density at radius 2 is 2.31 bits per heavy atom. The molecule has 2 aromatic rings. The maximum absolute atomic E-state index is 5.53. The summed E-state index contributed by atoms with van der Waals surface area (Å²) in [6.07, 6.45) is 2.79. The number of aromatic nitrogens is 1. The van der Waals surface area contributed by atoms with Crippen LogP contribution < -0.4 is 11.1 Å². The predicted molar refractivity (Wildman–Crippen MR) is 69.8 cm³/mol. The standard InChI is InChI=1S/C12H15N3S/c1-9(6-10-4-5-16-8-10)15-11-2-3-12(13)14-7-11/h2-5,7-9,15H,6H2,1H3,(H2,13,14). The molecule has 2 rings (SSSR count). The second-order valence-corrected chi connectivity index (χ2v) is 4.63. The van der Waals surface area contributed by atoms with Gasteiger partial charge >= 0.3 is 0 Å². The summed E-state index contributed by atoms with van der Waals surface area (Å²) in [5.41, 5.74) is 7.91. The van der Waals surface area contributed by atoms with Crippen LogP contribution in [0.2, 0.25) is 0 Å². The van der Waals surface area contributed by atoms with Gasteiger partial charge in [0.05, 0.1) is 11.9 Å². The van der Waals surface area contributed by atoms with Crippen molar-refractivity contribution in [3.8, 4) is 0 Å². The van der Waals surface area contributed by atoms with Crippen LogP contribution in [0.5, 0.6) is 0 Å². The zero-order chi connectivity index (χ0) is 11.4. The van der Waals surface area contributed by atoms with Gasteiger partial charge in [-0.3, -0.25) is 0 Å². The van der Waals surface area contributed by atoms with Gasteiger partial charge in [-0.2, -0.15) is 11.3 Å². The monoisotopic (exact) mass is 233 g/mol. The zero-order valence-corrected chi connectivity index (χ0v) is 10.00. The first kappa shape index (κ1) is 11.0. The minimum atomic E-state index is 0.389. The van der Waals surface area contributed by atoms with Crippen molar-refractivity contribution < 1.29 is 0 Å². The van der Waals surface area contributed by atoms with Crippen molar-refractivity contribution >= 4 is 22.8 Å². The number of hydrogen-bond acceptors (Lipinski definition) is 4. The van der Waals surface area contributed by atoms with Crippen LogP contribution in [-0.4, -0.2) is 11.0 Å². The Hall–Kier alpha value is -1.55. The number of thiophene rings is 1. The molecule has 0 fully saturated rings. The van der Waals surface area contributed by atoms with E-state index >= 15 is 0 Å². The molecule has 3 N–H and O–H groups in total. The van der Waals surface area contributed by atoms with Gasteiger partial charge in [-0.15, -0.1) is 0 Å². The molecule has 0 saturated carbocycles. The van der Waals surface area contributed by atoms with Crippen molar-refractivity contribution in [3.05, 3.63) is 40.7 Å². The van der Waals surface area contributed by atoms with E-state index in [1.807, 2.05) is 6.07 Å². The third-order valence-corrected chi connectivity index (χ3v) is 3.05. The van der Waals surface area contributed by atoms with Crippen LogP contribution in [0, 0.1) is 0 Å². The molecular formula is C12H15N3S. The van der Waals surface area contributed by atoms with E-state index in [1.165, 1.54) is 5.56 Å². The fourth-order valence-electron chi connectivity index (χ4n) is 1.59. The molecule has 0 aliphatic rings. The van der Waals surface area contributed by atoms with Crippen LogP contribution >= 0.6 is 11.3 Å². The molecule has 3 nitrogen and oxygen atoms in total. The van der Waals surface area contributed by atoms with Gasteiger partial charge in [0.2, 0.25) is 0 Å². The molecule has 0 amide bonds. The number of nitrogen functional groups attached to an aromatic ring is 1. The van der Waals surface area contributed by atoms with Crippen molar-refractivity contribution in [2.45, 2.75) is 19.4 Å². The third kappa shape index (κ3) is 2.97. The first-order chi connectivity index (χ1) is 7.74. The molecule has 84 valence electrons. The first-order valence-corrected chi connectivity index (χ1v) is 6.17. The van der Waals surface area contributed by atoms with Gasteiger partial charge in [-0.1, -0.05) is 0 Å². The van der Waals surface area contributed by atoms with Gasteiger partial charge in [-0.25, -0.2) is 4.98 Å². The van der Waals surface area contributed by atoms with Crippen molar-refractivity contribution in [1.82, 2.24) is 4.98 Å². The average molecular weight is 233 g/mol. The first-order valence-electron chi connectivity index (χ1n) is 5.23. The maximum atomic E-state index is 5.53. The van der Waals surface area contributed by atoms with Crippen molar-refractivity contribution in [1.29, 1.82) is 0 Å². The lowest BCUT2D eigenvalue weighted by molar-refractivity contribution is 0.792. The van der Waals surface area contributed by atoms with Crippen molar-refractivity contribution in [2.24, 2.45) is 0 Å². The SMILES string of the molecule is CC(Cc1ccsc1)Nc1ccc(N)nc1. The summed E-state index contributed by atoms with van der Waals surface area (Å²) in [5, 5.41) is 7.68. The number of nitrogens with two attached hydrogens (primary N) is 1. The van der Waals surface area contributed by atoms with E-state index in [2.05, 4.69) is 34.1 Å². The van der Waals surface area contributed by atoms with Gasteiger partial charge in [0.15, 0.2) is 0 Å². The number of anilines is 2. The zero-order valence-electron chi connectivity index (χ0n) is 9.18. The predicted octanol–water partition coefficient (Wildman–Crippen LogP) is 2.77. The summed E-state index contributed by atoms with van der Waals surface area (Å²) in [6, 6.07) is 6.30. The van der Waals surface area contributed by atoms with E-state index in [9.17, 15) is 0 Å². The maximum Gasteiger partial charge on any atom is 0.123 e. The van der Waals surface area contributed by atoms with Crippen LogP contribution in [0.4, 0.5) is 11.5 Å². The number of nitrogens with zero attached hydrogens (tertiary/aromatic N) is 1. The van der Waals surface area contributed by atoms with Gasteiger partial charge < -0.3 is 11.1 Å². The number of hydrogen-bond donors (Lipinski definition) is 2. The lowest BCUT2D eigenvalue weighted by atomic mass is 10.1. The summed E-state index contributed by atoms with van der Waals surface area (Å²) in [7, 11) is 0. The fraction of sp³-hybridized carbons (Fsp3) is 0.250. The Morgan fingerprint density at radius 1 is 1.44 bits per heavy atom. The molecule has 0 aliphatic carbocycles. The van der Waals surface area contributed by atoms with E-state index in [4.69, 9.17) is 5.73 Å². The molecule has 2 heterocycles. The van der Waals surface area contributed by atoms with Gasteiger partial charge in [0, 0.05) is 6.04 Å². The topological polar surface area (TPSA) is 50.9 Å². The molecule has 1 unspecified atom stereocenters. The van der Waals surface area contributed by atoms with E-state index < -0.39 is 0 Å². The summed E-state index contributed by atoms with van der Waals surface area (Å²) < 4.78 is 0. The van der Waals surface area contributed by atoms with Gasteiger partial charge in [0.25, 0.3) is 0 Å². The van der Waals surface area contributed by atoms with Crippen molar-refractivity contribution in [3.63, 3.8) is 0 Å². The van der Waals surface area contributed by atoms with Gasteiger partial charge in [-0.05, 0) is 47.9 Å². The fourth-order valence-corrected chi connectivity index (χ4v) is 2.27. The molecular weight excluding hydrogens is 218 g/mol. The lowest BCUT2D eigenvalue weighted by Crippen LogP contribution is -2.17. The van der Waals surface area contributed by atoms with Crippen LogP contribution in [0.3, 0.4) is 0 Å². The Bertz CT molecular complexity index is 422. The average Bonchev–Trinajstić information content (AvgIpc) is 2.74. The molecule has 0 bridgehead atoms. The quantitative estimate of drug-likeness (QED) is 0.853. The largest absolute Gasteiger partial charge is 0.384 e. The Balaban J connectivity index is 1.92. The van der Waals surface area contributed by atoms with Crippen molar-refractivity contribution in [2.75, 3.05) is 11.1 Å². The number of nitrogens with one attached hydrogen (secondary N) is 1. The van der Waals surface area contributed by atoms with Crippen LogP contribution in [0.15, 0.2) is 35.2 Å². The minimum Gasteiger partial charge on any atom is -0.384 e. The second kappa shape index (κ2) is 4.99. The Morgan fingerprint density at radius 3 is 2.94 bits per heavy atom. The van der Waals surface area contributed by atoms with E-state index in [0.29, 0.717) is 11.9 Å². The van der Waals surface area contributed by atoms with Gasteiger partial charge in [0.1, 0.15) is 5.82 Å². The highest BCUT2D eigenvalue weighted by Gasteiger charge is 2.03. The lowest BCUT2D eigenvalue weighted by Gasteiger charge is -2.14. The highest BCUT2D eigenvalue weighted by molar-refractivity contribution is 7.07. The third-order valence-electron chi connectivity index (χ3n) is 2.32. The normalized spacial score (nSPS) is 12.3. The van der Waals surface area contributed by atoms with Crippen LogP contribution in [0.25, 0.3) is 0 Å². The Kier molecular flexibility index (Phi) is 3.41.